The third-order valence-electron chi connectivity index (χ3n) is 11.2. The Morgan fingerprint density at radius 1 is 0.386 bits per heavy atom. The number of hydrogen-bond acceptors (Lipinski definition) is 2. The van der Waals surface area contributed by atoms with Crippen LogP contribution in [-0.2, 0) is 6.54 Å². The predicted octanol–water partition coefficient (Wildman–Crippen LogP) is 14.5. The van der Waals surface area contributed by atoms with Gasteiger partial charge in [0.1, 0.15) is 5.52 Å². The molecule has 57 heavy (non-hydrogen) atoms. The fourth-order valence-electron chi connectivity index (χ4n) is 8.64. The highest BCUT2D eigenvalue weighted by Gasteiger charge is 2.29. The van der Waals surface area contributed by atoms with Gasteiger partial charge in [0.15, 0.2) is 5.65 Å². The molecule has 0 spiro atoms. The maximum Gasteiger partial charge on any atom is 0.160 e. The summed E-state index contributed by atoms with van der Waals surface area (Å²) in [5.41, 5.74) is 19.1. The van der Waals surface area contributed by atoms with E-state index in [9.17, 15) is 0 Å². The number of aromatic nitrogens is 3. The van der Waals surface area contributed by atoms with Crippen LogP contribution >= 0.6 is 0 Å². The summed E-state index contributed by atoms with van der Waals surface area (Å²) in [5.74, 6) is 0. The van der Waals surface area contributed by atoms with Gasteiger partial charge in [-0.2, -0.15) is 0 Å². The first-order valence-electron chi connectivity index (χ1n) is 20.0. The molecule has 272 valence electrons. The van der Waals surface area contributed by atoms with E-state index in [4.69, 9.17) is 9.97 Å². The van der Waals surface area contributed by atoms with E-state index in [0.717, 1.165) is 69.2 Å². The minimum Gasteiger partial charge on any atom is -0.324 e. The summed E-state index contributed by atoms with van der Waals surface area (Å²) < 4.78 is 2.39. The SMILES string of the molecule is CCCCn1c2ccc(-c3c(-c4ccccc4)c(-c4ccccc4)c(-c4ccccc4)c(-c4ccccc4)c3-c3ccccc3)cc2c2nc3ccccc3nc21. The van der Waals surface area contributed by atoms with Crippen molar-refractivity contribution < 1.29 is 0 Å². The van der Waals surface area contributed by atoms with Gasteiger partial charge in [-0.3, -0.25) is 0 Å². The lowest BCUT2D eigenvalue weighted by Crippen LogP contribution is -2.02. The second-order valence-electron chi connectivity index (χ2n) is 14.7. The first-order valence-corrected chi connectivity index (χ1v) is 20.0. The van der Waals surface area contributed by atoms with Crippen molar-refractivity contribution >= 4 is 33.1 Å². The molecule has 0 amide bonds. The lowest BCUT2D eigenvalue weighted by molar-refractivity contribution is 0.661. The maximum absolute atomic E-state index is 5.33. The summed E-state index contributed by atoms with van der Waals surface area (Å²) in [5, 5.41) is 1.12. The van der Waals surface area contributed by atoms with Crippen molar-refractivity contribution in [2.24, 2.45) is 0 Å². The number of nitrogens with zero attached hydrogens (tertiary/aromatic N) is 3. The fraction of sp³-hybridized carbons (Fsp3) is 0.0741. The Labute approximate surface area is 333 Å². The molecule has 3 nitrogen and oxygen atoms in total. The van der Waals surface area contributed by atoms with Crippen LogP contribution in [0.5, 0.6) is 0 Å². The van der Waals surface area contributed by atoms with E-state index in [2.05, 4.69) is 193 Å². The number of para-hydroxylation sites is 2. The monoisotopic (exact) mass is 731 g/mol. The minimum atomic E-state index is 0.884. The second kappa shape index (κ2) is 14.9. The quantitative estimate of drug-likeness (QED) is 0.148. The van der Waals surface area contributed by atoms with Gasteiger partial charge >= 0.3 is 0 Å². The first kappa shape index (κ1) is 34.4. The van der Waals surface area contributed by atoms with E-state index in [1.807, 2.05) is 12.1 Å². The highest BCUT2D eigenvalue weighted by molar-refractivity contribution is 6.16. The Balaban J connectivity index is 1.44. The number of rotatable bonds is 9. The zero-order chi connectivity index (χ0) is 38.1. The van der Waals surface area contributed by atoms with Crippen LogP contribution in [0.4, 0.5) is 0 Å². The smallest absolute Gasteiger partial charge is 0.160 e. The van der Waals surface area contributed by atoms with Crippen LogP contribution in [0.3, 0.4) is 0 Å². The molecule has 3 heteroatoms. The van der Waals surface area contributed by atoms with Gasteiger partial charge in [0.2, 0.25) is 0 Å². The molecule has 0 aliphatic carbocycles. The van der Waals surface area contributed by atoms with Crippen LogP contribution in [-0.4, -0.2) is 14.5 Å². The van der Waals surface area contributed by atoms with Crippen molar-refractivity contribution in [3.05, 3.63) is 194 Å². The lowest BCUT2D eigenvalue weighted by Gasteiger charge is -2.28. The van der Waals surface area contributed by atoms with E-state index < -0.39 is 0 Å². The van der Waals surface area contributed by atoms with Crippen LogP contribution in [0.2, 0.25) is 0 Å². The van der Waals surface area contributed by atoms with Gasteiger partial charge in [-0.05, 0) is 97.4 Å². The highest BCUT2D eigenvalue weighted by atomic mass is 15.1. The zero-order valence-corrected chi connectivity index (χ0v) is 31.9. The molecule has 0 N–H and O–H groups in total. The Morgan fingerprint density at radius 2 is 0.754 bits per heavy atom. The summed E-state index contributed by atoms with van der Waals surface area (Å²) in [6.07, 6.45) is 2.16. The number of unbranched alkanes of at least 4 members (excludes halogenated alkanes) is 1. The molecule has 2 heterocycles. The third kappa shape index (κ3) is 6.09. The van der Waals surface area contributed by atoms with Crippen molar-refractivity contribution in [3.63, 3.8) is 0 Å². The third-order valence-corrected chi connectivity index (χ3v) is 11.2. The van der Waals surface area contributed by atoms with Gasteiger partial charge in [0.25, 0.3) is 0 Å². The largest absolute Gasteiger partial charge is 0.324 e. The summed E-state index contributed by atoms with van der Waals surface area (Å²) in [7, 11) is 0. The van der Waals surface area contributed by atoms with Gasteiger partial charge in [-0.25, -0.2) is 9.97 Å². The molecule has 8 aromatic carbocycles. The molecule has 0 aliphatic heterocycles. The molecule has 0 saturated heterocycles. The van der Waals surface area contributed by atoms with E-state index >= 15 is 0 Å². The van der Waals surface area contributed by atoms with Crippen molar-refractivity contribution in [1.82, 2.24) is 14.5 Å². The number of aryl methyl sites for hydroxylation is 1. The molecular formula is C54H41N3. The Morgan fingerprint density at radius 3 is 1.16 bits per heavy atom. The van der Waals surface area contributed by atoms with Gasteiger partial charge in [-0.1, -0.05) is 183 Å². The van der Waals surface area contributed by atoms with Gasteiger partial charge < -0.3 is 4.57 Å². The molecule has 0 aliphatic rings. The number of hydrogen-bond donors (Lipinski definition) is 0. The summed E-state index contributed by atoms with van der Waals surface area (Å²) >= 11 is 0. The summed E-state index contributed by atoms with van der Waals surface area (Å²) in [6, 6.07) is 70.1. The van der Waals surface area contributed by atoms with Crippen LogP contribution in [0.1, 0.15) is 19.8 Å². The van der Waals surface area contributed by atoms with E-state index in [-0.39, 0.29) is 0 Å². The fourth-order valence-corrected chi connectivity index (χ4v) is 8.64. The number of fused-ring (bicyclic) bond motifs is 4. The van der Waals surface area contributed by atoms with Crippen molar-refractivity contribution in [1.29, 1.82) is 0 Å². The average molecular weight is 732 g/mol. The van der Waals surface area contributed by atoms with Crippen molar-refractivity contribution in [3.8, 4) is 66.8 Å². The molecule has 0 atom stereocenters. The highest BCUT2D eigenvalue weighted by Crippen LogP contribution is 2.56. The number of benzene rings is 8. The molecule has 0 fully saturated rings. The molecule has 0 radical (unpaired) electrons. The second-order valence-corrected chi connectivity index (χ2v) is 14.7. The van der Waals surface area contributed by atoms with Crippen molar-refractivity contribution in [2.45, 2.75) is 26.3 Å². The standard InChI is InChI=1S/C54H41N3/c1-2-3-35-57-46-34-33-42(36-43(46)53-54(57)56-45-32-20-19-31-44(45)55-53)52-50(40-27-15-7-16-28-40)48(38-23-11-5-12-24-38)47(37-21-9-4-10-22-37)49(39-25-13-6-14-26-39)51(52)41-29-17-8-18-30-41/h4-34,36H,2-3,35H2,1H3. The molecule has 0 unspecified atom stereocenters. The first-order chi connectivity index (χ1) is 28.3. The molecule has 0 bridgehead atoms. The molecular weight excluding hydrogens is 691 g/mol. The Hall–Kier alpha value is -7.10. The minimum absolute atomic E-state index is 0.884. The molecule has 2 aromatic heterocycles. The predicted molar refractivity (Wildman–Crippen MR) is 240 cm³/mol. The topological polar surface area (TPSA) is 30.7 Å². The Kier molecular flexibility index (Phi) is 8.97. The van der Waals surface area contributed by atoms with Crippen molar-refractivity contribution in [2.75, 3.05) is 0 Å². The molecule has 10 rings (SSSR count). The summed E-state index contributed by atoms with van der Waals surface area (Å²) in [6.45, 7) is 3.13. The zero-order valence-electron chi connectivity index (χ0n) is 31.9. The summed E-state index contributed by atoms with van der Waals surface area (Å²) in [4.78, 5) is 10.6. The molecule has 0 saturated carbocycles. The van der Waals surface area contributed by atoms with Gasteiger partial charge in [0.05, 0.1) is 16.6 Å². The van der Waals surface area contributed by atoms with Crippen LogP contribution in [0, 0.1) is 0 Å². The van der Waals surface area contributed by atoms with E-state index in [1.54, 1.807) is 0 Å². The van der Waals surface area contributed by atoms with Gasteiger partial charge in [0, 0.05) is 11.9 Å². The normalized spacial score (nSPS) is 11.5. The van der Waals surface area contributed by atoms with Crippen LogP contribution in [0.15, 0.2) is 194 Å². The van der Waals surface area contributed by atoms with Crippen LogP contribution < -0.4 is 0 Å². The average Bonchev–Trinajstić information content (AvgIpc) is 3.59. The lowest BCUT2D eigenvalue weighted by atomic mass is 9.74. The van der Waals surface area contributed by atoms with E-state index in [1.165, 1.54) is 50.1 Å². The van der Waals surface area contributed by atoms with Gasteiger partial charge in [-0.15, -0.1) is 0 Å². The molecule has 10 aromatic rings. The van der Waals surface area contributed by atoms with Crippen LogP contribution in [0.25, 0.3) is 99.9 Å². The van der Waals surface area contributed by atoms with E-state index in [0.29, 0.717) is 0 Å². The Bertz CT molecular complexity index is 2900. The maximum atomic E-state index is 5.33.